The second-order valence-corrected chi connectivity index (χ2v) is 1.84. The van der Waals surface area contributed by atoms with Crippen LogP contribution in [0.3, 0.4) is 0 Å². The Morgan fingerprint density at radius 1 is 1.62 bits per heavy atom. The van der Waals surface area contributed by atoms with Gasteiger partial charge in [-0.05, 0) is 19.4 Å². The zero-order valence-electron chi connectivity index (χ0n) is 5.32. The molecule has 0 aliphatic rings. The Kier molecular flexibility index (Phi) is 2.90. The number of hydrogen-bond donors (Lipinski definition) is 0. The summed E-state index contributed by atoms with van der Waals surface area (Å²) >= 11 is 0. The first-order valence-corrected chi connectivity index (χ1v) is 2.51. The molecule has 0 aliphatic heterocycles. The van der Waals surface area contributed by atoms with E-state index in [1.165, 1.54) is 0 Å². The molecule has 0 bridgehead atoms. The summed E-state index contributed by atoms with van der Waals surface area (Å²) < 4.78 is 0. The van der Waals surface area contributed by atoms with Gasteiger partial charge in [0.1, 0.15) is 5.78 Å². The Morgan fingerprint density at radius 2 is 2.12 bits per heavy atom. The third-order valence-electron chi connectivity index (χ3n) is 0.816. The molecule has 0 saturated carbocycles. The molecule has 0 aromatic heterocycles. The first-order chi connectivity index (χ1) is 3.66. The van der Waals surface area contributed by atoms with Crippen LogP contribution in [0.5, 0.6) is 0 Å². The van der Waals surface area contributed by atoms with E-state index in [4.69, 9.17) is 0 Å². The highest BCUT2D eigenvalue weighted by Crippen LogP contribution is 1.95. The lowest BCUT2D eigenvalue weighted by atomic mass is 10.2. The molecule has 0 fully saturated rings. The smallest absolute Gasteiger partial charge is 0.134 e. The van der Waals surface area contributed by atoms with E-state index in [1.807, 2.05) is 6.92 Å². The molecule has 0 unspecified atom stereocenters. The van der Waals surface area contributed by atoms with E-state index in [2.05, 4.69) is 12.3 Å². The van der Waals surface area contributed by atoms with E-state index < -0.39 is 0 Å². The molecule has 0 spiro atoms. The lowest BCUT2D eigenvalue weighted by Gasteiger charge is -1.87. The van der Waals surface area contributed by atoms with E-state index in [9.17, 15) is 4.79 Å². The summed E-state index contributed by atoms with van der Waals surface area (Å²) in [5.74, 6) is 0.165. The van der Waals surface area contributed by atoms with Crippen LogP contribution in [-0.2, 0) is 4.79 Å². The molecule has 0 rings (SSSR count). The van der Waals surface area contributed by atoms with E-state index in [0.717, 1.165) is 5.57 Å². The molecule has 0 atom stereocenters. The number of Topliss-reactive ketones (excluding diaryl/α,β-unsaturated/α-hetero) is 1. The van der Waals surface area contributed by atoms with Crippen molar-refractivity contribution >= 4 is 5.78 Å². The molecule has 0 aliphatic carbocycles. The molecule has 44 valence electrons. The molecule has 1 heteroatoms. The second-order valence-electron chi connectivity index (χ2n) is 1.84. The van der Waals surface area contributed by atoms with Crippen molar-refractivity contribution in [3.8, 4) is 0 Å². The zero-order chi connectivity index (χ0) is 6.57. The van der Waals surface area contributed by atoms with E-state index in [1.54, 1.807) is 6.92 Å². The van der Waals surface area contributed by atoms with Gasteiger partial charge in [0.25, 0.3) is 0 Å². The SMILES string of the molecule is C=C=C(C)CC(C)=O. The van der Waals surface area contributed by atoms with Crippen LogP contribution in [-0.4, -0.2) is 5.78 Å². The number of carbonyl (C=O) groups excluding carboxylic acids is 1. The molecule has 0 saturated heterocycles. The van der Waals surface area contributed by atoms with Crippen molar-refractivity contribution in [3.63, 3.8) is 0 Å². The zero-order valence-corrected chi connectivity index (χ0v) is 5.32. The largest absolute Gasteiger partial charge is 0.300 e. The maximum Gasteiger partial charge on any atom is 0.134 e. The Labute approximate surface area is 49.7 Å². The highest BCUT2D eigenvalue weighted by molar-refractivity contribution is 5.77. The van der Waals surface area contributed by atoms with Crippen LogP contribution in [0, 0.1) is 0 Å². The number of hydrogen-bond acceptors (Lipinski definition) is 1. The van der Waals surface area contributed by atoms with Gasteiger partial charge in [0.15, 0.2) is 0 Å². The van der Waals surface area contributed by atoms with Crippen molar-refractivity contribution in [2.45, 2.75) is 20.3 Å². The van der Waals surface area contributed by atoms with E-state index >= 15 is 0 Å². The van der Waals surface area contributed by atoms with Crippen LogP contribution in [0.25, 0.3) is 0 Å². The van der Waals surface area contributed by atoms with E-state index in [0.29, 0.717) is 6.42 Å². The summed E-state index contributed by atoms with van der Waals surface area (Å²) in [4.78, 5) is 10.3. The third kappa shape index (κ3) is 3.38. The summed E-state index contributed by atoms with van der Waals surface area (Å²) in [6, 6.07) is 0. The molecule has 0 radical (unpaired) electrons. The van der Waals surface area contributed by atoms with Crippen molar-refractivity contribution in [2.24, 2.45) is 0 Å². The summed E-state index contributed by atoms with van der Waals surface area (Å²) in [6.45, 7) is 6.80. The minimum Gasteiger partial charge on any atom is -0.300 e. The van der Waals surface area contributed by atoms with Crippen LogP contribution >= 0.6 is 0 Å². The number of allylic oxidation sites excluding steroid dienone is 1. The second kappa shape index (κ2) is 3.23. The lowest BCUT2D eigenvalue weighted by molar-refractivity contribution is -0.116. The molecular formula is C7H10O. The highest BCUT2D eigenvalue weighted by Gasteiger charge is 1.91. The van der Waals surface area contributed by atoms with Crippen LogP contribution in [0.1, 0.15) is 20.3 Å². The van der Waals surface area contributed by atoms with Crippen molar-refractivity contribution in [1.29, 1.82) is 0 Å². The van der Waals surface area contributed by atoms with Crippen LogP contribution in [0.2, 0.25) is 0 Å². The Bertz CT molecular complexity index is 138. The topological polar surface area (TPSA) is 17.1 Å². The normalized spacial score (nSPS) is 7.75. The Balaban J connectivity index is 3.74. The molecule has 0 aromatic carbocycles. The van der Waals surface area contributed by atoms with Gasteiger partial charge in [-0.2, -0.15) is 0 Å². The molecule has 8 heavy (non-hydrogen) atoms. The number of rotatable bonds is 2. The number of ketones is 1. The fourth-order valence-corrected chi connectivity index (χ4v) is 0.436. The standard InChI is InChI=1S/C7H10O/c1-4-6(2)5-7(3)8/h1,5H2,2-3H3. The summed E-state index contributed by atoms with van der Waals surface area (Å²) in [7, 11) is 0. The van der Waals surface area contributed by atoms with Crippen molar-refractivity contribution in [2.75, 3.05) is 0 Å². The predicted octanol–water partition coefficient (Wildman–Crippen LogP) is 1.70. The quantitative estimate of drug-likeness (QED) is 0.494. The van der Waals surface area contributed by atoms with Gasteiger partial charge in [-0.25, -0.2) is 0 Å². The maximum absolute atomic E-state index is 10.3. The third-order valence-corrected chi connectivity index (χ3v) is 0.816. The summed E-state index contributed by atoms with van der Waals surface area (Å²) in [5, 5.41) is 0. The van der Waals surface area contributed by atoms with Gasteiger partial charge in [-0.3, -0.25) is 4.79 Å². The van der Waals surface area contributed by atoms with Gasteiger partial charge in [0.05, 0.1) is 0 Å². The Hall–Kier alpha value is -0.810. The summed E-state index contributed by atoms with van der Waals surface area (Å²) in [5.41, 5.74) is 3.56. The Morgan fingerprint density at radius 3 is 2.25 bits per heavy atom. The van der Waals surface area contributed by atoms with Gasteiger partial charge in [-0.15, -0.1) is 5.73 Å². The fourth-order valence-electron chi connectivity index (χ4n) is 0.436. The molecular weight excluding hydrogens is 100 g/mol. The molecule has 1 nitrogen and oxygen atoms in total. The maximum atomic E-state index is 10.3. The van der Waals surface area contributed by atoms with Crippen LogP contribution < -0.4 is 0 Å². The minimum atomic E-state index is 0.165. The van der Waals surface area contributed by atoms with Gasteiger partial charge in [0, 0.05) is 6.42 Å². The average Bonchev–Trinajstić information content (AvgIpc) is 1.65. The molecule has 0 N–H and O–H groups in total. The van der Waals surface area contributed by atoms with Crippen molar-refractivity contribution in [1.82, 2.24) is 0 Å². The van der Waals surface area contributed by atoms with Gasteiger partial charge in [0.2, 0.25) is 0 Å². The molecule has 0 amide bonds. The monoisotopic (exact) mass is 110 g/mol. The van der Waals surface area contributed by atoms with Crippen molar-refractivity contribution in [3.05, 3.63) is 17.9 Å². The number of carbonyl (C=O) groups is 1. The van der Waals surface area contributed by atoms with E-state index in [-0.39, 0.29) is 5.78 Å². The van der Waals surface area contributed by atoms with Crippen LogP contribution in [0.4, 0.5) is 0 Å². The predicted molar refractivity (Wildman–Crippen MR) is 33.6 cm³/mol. The van der Waals surface area contributed by atoms with Gasteiger partial charge < -0.3 is 0 Å². The van der Waals surface area contributed by atoms with Crippen molar-refractivity contribution < 1.29 is 4.79 Å². The van der Waals surface area contributed by atoms with Gasteiger partial charge >= 0.3 is 0 Å². The lowest BCUT2D eigenvalue weighted by Crippen LogP contribution is -1.88. The molecule has 0 aromatic rings. The van der Waals surface area contributed by atoms with Gasteiger partial charge in [-0.1, -0.05) is 6.58 Å². The molecule has 0 heterocycles. The average molecular weight is 110 g/mol. The minimum absolute atomic E-state index is 0.165. The first-order valence-electron chi connectivity index (χ1n) is 2.51. The van der Waals surface area contributed by atoms with Crippen LogP contribution in [0.15, 0.2) is 17.9 Å². The highest BCUT2D eigenvalue weighted by atomic mass is 16.1. The first kappa shape index (κ1) is 7.19. The fraction of sp³-hybridized carbons (Fsp3) is 0.429. The summed E-state index contributed by atoms with van der Waals surface area (Å²) in [6.07, 6.45) is 0.490.